The number of para-hydroxylation sites is 2. The number of carbonyl (C=O) groups excluding carboxylic acids is 1. The van der Waals surface area contributed by atoms with E-state index in [1.54, 1.807) is 7.05 Å². The van der Waals surface area contributed by atoms with Gasteiger partial charge in [0.2, 0.25) is 5.91 Å². The second-order valence-electron chi connectivity index (χ2n) is 7.17. The van der Waals surface area contributed by atoms with E-state index in [9.17, 15) is 4.79 Å². The number of fused-ring (bicyclic) bond motifs is 1. The van der Waals surface area contributed by atoms with Crippen LogP contribution in [0.15, 0.2) is 53.5 Å². The van der Waals surface area contributed by atoms with E-state index in [1.807, 2.05) is 54.4 Å². The topological polar surface area (TPSA) is 74.6 Å². The summed E-state index contributed by atoms with van der Waals surface area (Å²) in [5, 5.41) is 6.65. The van der Waals surface area contributed by atoms with Gasteiger partial charge >= 0.3 is 0 Å². The van der Waals surface area contributed by atoms with E-state index >= 15 is 0 Å². The molecule has 8 heteroatoms. The van der Waals surface area contributed by atoms with E-state index in [1.165, 1.54) is 0 Å². The molecule has 1 saturated heterocycles. The van der Waals surface area contributed by atoms with Crippen LogP contribution in [0.1, 0.15) is 24.2 Å². The normalized spacial score (nSPS) is 14.1. The first-order valence-corrected chi connectivity index (χ1v) is 9.90. The number of imidazole rings is 1. The Morgan fingerprint density at radius 3 is 2.50 bits per heavy atom. The van der Waals surface area contributed by atoms with Gasteiger partial charge in [-0.1, -0.05) is 24.3 Å². The van der Waals surface area contributed by atoms with E-state index < -0.39 is 0 Å². The van der Waals surface area contributed by atoms with Crippen molar-refractivity contribution in [1.29, 1.82) is 0 Å². The van der Waals surface area contributed by atoms with E-state index in [4.69, 9.17) is 0 Å². The van der Waals surface area contributed by atoms with Crippen molar-refractivity contribution < 1.29 is 4.79 Å². The van der Waals surface area contributed by atoms with Gasteiger partial charge in [0.05, 0.1) is 17.6 Å². The lowest BCUT2D eigenvalue weighted by Crippen LogP contribution is -2.36. The van der Waals surface area contributed by atoms with Crippen molar-refractivity contribution in [3.05, 3.63) is 59.9 Å². The molecule has 30 heavy (non-hydrogen) atoms. The molecule has 0 atom stereocenters. The second-order valence-corrected chi connectivity index (χ2v) is 7.17. The number of aliphatic imine (C=N–C) groups is 1. The number of aryl methyl sites for hydroxylation is 1. The van der Waals surface area contributed by atoms with Crippen LogP contribution < -0.4 is 15.5 Å². The molecule has 3 aromatic rings. The fourth-order valence-corrected chi connectivity index (χ4v) is 3.64. The molecular weight excluding hydrogens is 491 g/mol. The van der Waals surface area contributed by atoms with Crippen LogP contribution in [0.5, 0.6) is 0 Å². The fraction of sp³-hybridized carbons (Fsp3) is 0.318. The van der Waals surface area contributed by atoms with Crippen molar-refractivity contribution in [2.24, 2.45) is 12.0 Å². The number of carbonyl (C=O) groups is 1. The quantitative estimate of drug-likeness (QED) is 0.309. The molecular formula is C22H27IN6O. The highest BCUT2D eigenvalue weighted by Crippen LogP contribution is 2.21. The van der Waals surface area contributed by atoms with Gasteiger partial charge in [0.15, 0.2) is 5.96 Å². The second kappa shape index (κ2) is 9.92. The maximum atomic E-state index is 11.9. The lowest BCUT2D eigenvalue weighted by molar-refractivity contribution is -0.117. The van der Waals surface area contributed by atoms with Crippen LogP contribution in [0, 0.1) is 0 Å². The molecule has 4 rings (SSSR count). The zero-order valence-electron chi connectivity index (χ0n) is 17.3. The Labute approximate surface area is 193 Å². The average molecular weight is 518 g/mol. The third-order valence-electron chi connectivity index (χ3n) is 5.30. The molecule has 1 aromatic heterocycles. The number of hydrogen-bond donors (Lipinski definition) is 2. The summed E-state index contributed by atoms with van der Waals surface area (Å²) in [6.45, 7) is 2.05. The molecule has 0 unspecified atom stereocenters. The van der Waals surface area contributed by atoms with E-state index in [-0.39, 0.29) is 29.9 Å². The summed E-state index contributed by atoms with van der Waals surface area (Å²) >= 11 is 0. The van der Waals surface area contributed by atoms with Gasteiger partial charge in [-0.25, -0.2) is 4.98 Å². The summed E-state index contributed by atoms with van der Waals surface area (Å²) in [6, 6.07) is 16.2. The molecule has 1 amide bonds. The van der Waals surface area contributed by atoms with E-state index in [0.717, 1.165) is 47.0 Å². The van der Waals surface area contributed by atoms with Crippen molar-refractivity contribution in [3.63, 3.8) is 0 Å². The lowest BCUT2D eigenvalue weighted by Gasteiger charge is -2.16. The summed E-state index contributed by atoms with van der Waals surface area (Å²) in [7, 11) is 3.78. The van der Waals surface area contributed by atoms with Gasteiger partial charge in [-0.05, 0) is 36.2 Å². The maximum Gasteiger partial charge on any atom is 0.227 e. The molecule has 0 aliphatic carbocycles. The highest BCUT2D eigenvalue weighted by atomic mass is 127. The number of anilines is 1. The Bertz CT molecular complexity index is 1040. The summed E-state index contributed by atoms with van der Waals surface area (Å²) in [5.74, 6) is 1.88. The minimum absolute atomic E-state index is 0. The van der Waals surface area contributed by atoms with Crippen LogP contribution in [0.3, 0.4) is 0 Å². The molecule has 7 nitrogen and oxygen atoms in total. The van der Waals surface area contributed by atoms with Gasteiger partial charge in [0.25, 0.3) is 0 Å². The fourth-order valence-electron chi connectivity index (χ4n) is 3.64. The van der Waals surface area contributed by atoms with Crippen molar-refractivity contribution in [2.75, 3.05) is 18.5 Å². The van der Waals surface area contributed by atoms with Crippen molar-refractivity contribution in [2.45, 2.75) is 25.9 Å². The van der Waals surface area contributed by atoms with Gasteiger partial charge in [-0.15, -0.1) is 24.0 Å². The van der Waals surface area contributed by atoms with Gasteiger partial charge in [0.1, 0.15) is 5.82 Å². The number of amides is 1. The number of nitrogens with one attached hydrogen (secondary N) is 2. The molecule has 158 valence electrons. The molecule has 1 aliphatic heterocycles. The standard InChI is InChI=1S/C22H26N6O.HI/c1-23-22(25-15-20-26-18-6-3-4-7-19(18)27(20)2)24-14-16-9-11-17(12-10-16)28-13-5-8-21(28)29;/h3-4,6-7,9-12H,5,8,13-15H2,1-2H3,(H2,23,24,25);1H. The van der Waals surface area contributed by atoms with Crippen LogP contribution in [0.25, 0.3) is 11.0 Å². The molecule has 0 bridgehead atoms. The van der Waals surface area contributed by atoms with Crippen LogP contribution in [0.4, 0.5) is 5.69 Å². The van der Waals surface area contributed by atoms with Crippen LogP contribution in [-0.4, -0.2) is 35.0 Å². The van der Waals surface area contributed by atoms with Gasteiger partial charge < -0.3 is 20.1 Å². The van der Waals surface area contributed by atoms with E-state index in [2.05, 4.69) is 31.2 Å². The zero-order chi connectivity index (χ0) is 20.2. The zero-order valence-corrected chi connectivity index (χ0v) is 19.6. The molecule has 1 aliphatic rings. The molecule has 0 spiro atoms. The Kier molecular flexibility index (Phi) is 7.30. The first-order chi connectivity index (χ1) is 14.2. The Morgan fingerprint density at radius 1 is 1.10 bits per heavy atom. The van der Waals surface area contributed by atoms with Crippen LogP contribution >= 0.6 is 24.0 Å². The largest absolute Gasteiger partial charge is 0.352 e. The van der Waals surface area contributed by atoms with Crippen molar-refractivity contribution >= 4 is 52.6 Å². The highest BCUT2D eigenvalue weighted by molar-refractivity contribution is 14.0. The Hall–Kier alpha value is -2.62. The summed E-state index contributed by atoms with van der Waals surface area (Å²) in [5.41, 5.74) is 4.21. The molecule has 0 radical (unpaired) electrons. The Morgan fingerprint density at radius 2 is 1.83 bits per heavy atom. The number of aromatic nitrogens is 2. The first kappa shape index (κ1) is 22.1. The minimum Gasteiger partial charge on any atom is -0.352 e. The predicted molar refractivity (Wildman–Crippen MR) is 131 cm³/mol. The number of nitrogens with zero attached hydrogens (tertiary/aromatic N) is 4. The number of hydrogen-bond acceptors (Lipinski definition) is 3. The maximum absolute atomic E-state index is 11.9. The predicted octanol–water partition coefficient (Wildman–Crippen LogP) is 3.18. The van der Waals surface area contributed by atoms with Crippen LogP contribution in [-0.2, 0) is 24.9 Å². The summed E-state index contributed by atoms with van der Waals surface area (Å²) in [6.07, 6.45) is 1.59. The van der Waals surface area contributed by atoms with Crippen LogP contribution in [0.2, 0.25) is 0 Å². The summed E-state index contributed by atoms with van der Waals surface area (Å²) < 4.78 is 2.09. The monoisotopic (exact) mass is 518 g/mol. The van der Waals surface area contributed by atoms with Gasteiger partial charge in [0, 0.05) is 39.3 Å². The van der Waals surface area contributed by atoms with Gasteiger partial charge in [-0.3, -0.25) is 9.79 Å². The van der Waals surface area contributed by atoms with E-state index in [0.29, 0.717) is 19.5 Å². The first-order valence-electron chi connectivity index (χ1n) is 9.90. The average Bonchev–Trinajstić information content (AvgIpc) is 3.32. The van der Waals surface area contributed by atoms with Gasteiger partial charge in [-0.2, -0.15) is 0 Å². The summed E-state index contributed by atoms with van der Waals surface area (Å²) in [4.78, 5) is 22.7. The molecule has 1 fully saturated rings. The minimum atomic E-state index is 0. The highest BCUT2D eigenvalue weighted by Gasteiger charge is 2.21. The lowest BCUT2D eigenvalue weighted by atomic mass is 10.2. The number of rotatable bonds is 5. The third-order valence-corrected chi connectivity index (χ3v) is 5.30. The number of benzene rings is 2. The molecule has 0 saturated carbocycles. The molecule has 2 aromatic carbocycles. The molecule has 2 N–H and O–H groups in total. The number of guanidine groups is 1. The SMILES string of the molecule is CN=C(NCc1ccc(N2CCCC2=O)cc1)NCc1nc2ccccc2n1C.I. The van der Waals surface area contributed by atoms with Crippen molar-refractivity contribution in [3.8, 4) is 0 Å². The molecule has 2 heterocycles. The van der Waals surface area contributed by atoms with Crippen molar-refractivity contribution in [1.82, 2.24) is 20.2 Å². The Balaban J connectivity index is 0.00000256. The number of halogens is 1. The third kappa shape index (κ3) is 4.75. The smallest absolute Gasteiger partial charge is 0.227 e.